The highest BCUT2D eigenvalue weighted by atomic mass is 32.1. The summed E-state index contributed by atoms with van der Waals surface area (Å²) in [5, 5.41) is 15.6. The van der Waals surface area contributed by atoms with E-state index in [1.807, 2.05) is 0 Å². The average Bonchev–Trinajstić information content (AvgIpc) is 3.68. The molecule has 8 nitrogen and oxygen atoms in total. The maximum Gasteiger partial charge on any atom is 0.299 e. The van der Waals surface area contributed by atoms with Crippen molar-refractivity contribution in [3.05, 3.63) is 81.0 Å². The van der Waals surface area contributed by atoms with Gasteiger partial charge < -0.3 is 20.9 Å². The Hall–Kier alpha value is -4.26. The summed E-state index contributed by atoms with van der Waals surface area (Å²) >= 11 is 1.27. The monoisotopic (exact) mass is 601 g/mol. The van der Waals surface area contributed by atoms with E-state index in [0.717, 1.165) is 4.90 Å². The highest BCUT2D eigenvalue weighted by Crippen LogP contribution is 2.50. The van der Waals surface area contributed by atoms with Gasteiger partial charge in [0.25, 0.3) is 11.8 Å². The zero-order valence-corrected chi connectivity index (χ0v) is 23.2. The topological polar surface area (TPSA) is 114 Å². The SMILES string of the molecule is CNC(=N)c1ccc(CNC(=O)[C@@H]2C[C@](F)(CF)CN2C(=O)CNC(=O)c2ccc3c(c2)-c2ccccc2C3(F)F)s1. The van der Waals surface area contributed by atoms with Crippen LogP contribution in [0.3, 0.4) is 0 Å². The number of amidine groups is 1. The fraction of sp³-hybridized carbons (Fsp3) is 0.310. The molecule has 0 bridgehead atoms. The highest BCUT2D eigenvalue weighted by molar-refractivity contribution is 7.14. The van der Waals surface area contributed by atoms with Crippen LogP contribution in [0.1, 0.15) is 37.7 Å². The Morgan fingerprint density at radius 3 is 2.50 bits per heavy atom. The van der Waals surface area contributed by atoms with Crippen molar-refractivity contribution in [2.24, 2.45) is 0 Å². The van der Waals surface area contributed by atoms with Crippen LogP contribution in [0, 0.1) is 5.41 Å². The van der Waals surface area contributed by atoms with E-state index in [2.05, 4.69) is 16.0 Å². The maximum atomic E-state index is 15.0. The van der Waals surface area contributed by atoms with E-state index in [0.29, 0.717) is 15.3 Å². The predicted molar refractivity (Wildman–Crippen MR) is 149 cm³/mol. The molecule has 4 N–H and O–H groups in total. The molecule has 0 radical (unpaired) electrons. The first-order chi connectivity index (χ1) is 20.0. The molecule has 0 spiro atoms. The minimum absolute atomic E-state index is 0.0371. The van der Waals surface area contributed by atoms with Crippen molar-refractivity contribution in [3.8, 4) is 11.1 Å². The Bertz CT molecular complexity index is 1580. The quantitative estimate of drug-likeness (QED) is 0.179. The Labute approximate surface area is 242 Å². The van der Waals surface area contributed by atoms with Crippen LogP contribution in [0.25, 0.3) is 11.1 Å². The van der Waals surface area contributed by atoms with E-state index in [4.69, 9.17) is 5.41 Å². The molecule has 0 unspecified atom stereocenters. The van der Waals surface area contributed by atoms with Gasteiger partial charge in [-0.25, -0.2) is 8.78 Å². The Kier molecular flexibility index (Phi) is 7.80. The van der Waals surface area contributed by atoms with Crippen molar-refractivity contribution in [1.82, 2.24) is 20.9 Å². The minimum Gasteiger partial charge on any atom is -0.372 e. The molecule has 220 valence electrons. The molecule has 5 rings (SSSR count). The minimum atomic E-state index is -3.21. The molecule has 1 aliphatic carbocycles. The maximum absolute atomic E-state index is 15.0. The molecule has 1 fully saturated rings. The van der Waals surface area contributed by atoms with Gasteiger partial charge >= 0.3 is 0 Å². The molecule has 1 saturated heterocycles. The van der Waals surface area contributed by atoms with Crippen molar-refractivity contribution in [2.45, 2.75) is 30.6 Å². The summed E-state index contributed by atoms with van der Waals surface area (Å²) in [5.41, 5.74) is -2.26. The summed E-state index contributed by atoms with van der Waals surface area (Å²) in [6.07, 6.45) is -0.548. The van der Waals surface area contributed by atoms with Crippen LogP contribution < -0.4 is 16.0 Å². The second kappa shape index (κ2) is 11.2. The van der Waals surface area contributed by atoms with Crippen LogP contribution in [0.15, 0.2) is 54.6 Å². The third-order valence-electron chi connectivity index (χ3n) is 7.42. The number of rotatable bonds is 8. The Balaban J connectivity index is 1.24. The summed E-state index contributed by atoms with van der Waals surface area (Å²) in [7, 11) is 1.61. The molecule has 1 aliphatic heterocycles. The lowest BCUT2D eigenvalue weighted by molar-refractivity contribution is -0.137. The number of alkyl halides is 4. The molecule has 2 atom stereocenters. The fourth-order valence-corrected chi connectivity index (χ4v) is 6.13. The molecule has 0 saturated carbocycles. The second-order valence-corrected chi connectivity index (χ2v) is 11.4. The lowest BCUT2D eigenvalue weighted by Crippen LogP contribution is -2.49. The van der Waals surface area contributed by atoms with Gasteiger partial charge in [-0.1, -0.05) is 30.3 Å². The zero-order valence-electron chi connectivity index (χ0n) is 22.4. The summed E-state index contributed by atoms with van der Waals surface area (Å²) in [6.45, 7) is -2.61. The fourth-order valence-electron chi connectivity index (χ4n) is 5.23. The lowest BCUT2D eigenvalue weighted by atomic mass is 10.0. The number of nitrogens with zero attached hydrogens (tertiary/aromatic N) is 1. The molecule has 2 heterocycles. The molecule has 3 amide bonds. The largest absolute Gasteiger partial charge is 0.372 e. The number of nitrogens with one attached hydrogen (secondary N) is 4. The molecule has 1 aromatic heterocycles. The lowest BCUT2D eigenvalue weighted by Gasteiger charge is -2.24. The smallest absolute Gasteiger partial charge is 0.299 e. The molecule has 2 aliphatic rings. The molecule has 2 aromatic carbocycles. The number of amides is 3. The van der Waals surface area contributed by atoms with Gasteiger partial charge in [-0.3, -0.25) is 19.8 Å². The molecular formula is C29H27F4N5O3S. The van der Waals surface area contributed by atoms with Gasteiger partial charge in [0.1, 0.15) is 18.6 Å². The first-order valence-electron chi connectivity index (χ1n) is 13.1. The van der Waals surface area contributed by atoms with Gasteiger partial charge in [0, 0.05) is 35.0 Å². The van der Waals surface area contributed by atoms with Gasteiger partial charge in [0.05, 0.1) is 24.5 Å². The van der Waals surface area contributed by atoms with Crippen LogP contribution in [-0.2, 0) is 22.1 Å². The number of halogens is 4. The van der Waals surface area contributed by atoms with E-state index in [-0.39, 0.29) is 34.6 Å². The van der Waals surface area contributed by atoms with Gasteiger partial charge in [0.2, 0.25) is 11.8 Å². The molecule has 13 heteroatoms. The van der Waals surface area contributed by atoms with Crippen LogP contribution >= 0.6 is 11.3 Å². The van der Waals surface area contributed by atoms with Crippen LogP contribution in [0.4, 0.5) is 17.6 Å². The van der Waals surface area contributed by atoms with Crippen molar-refractivity contribution in [2.75, 3.05) is 26.8 Å². The van der Waals surface area contributed by atoms with Crippen LogP contribution in [-0.4, -0.2) is 67.0 Å². The number of hydrogen-bond acceptors (Lipinski definition) is 5. The summed E-state index contributed by atoms with van der Waals surface area (Å²) in [4.78, 5) is 41.1. The average molecular weight is 602 g/mol. The van der Waals surface area contributed by atoms with Crippen molar-refractivity contribution in [3.63, 3.8) is 0 Å². The third-order valence-corrected chi connectivity index (χ3v) is 8.52. The van der Waals surface area contributed by atoms with Gasteiger partial charge in [-0.05, 0) is 35.4 Å². The molecular weight excluding hydrogens is 574 g/mol. The number of likely N-dealkylation sites (tertiary alicyclic amines) is 1. The second-order valence-electron chi connectivity index (χ2n) is 10.2. The number of thiophene rings is 1. The van der Waals surface area contributed by atoms with Crippen LogP contribution in [0.5, 0.6) is 0 Å². The standard InChI is InChI=1S/C29H27F4N5O3S/c1-35-25(34)23-9-7-17(42-23)12-36-27(41)22-11-28(31,14-30)15-38(22)24(39)13-37-26(40)16-6-8-21-19(10-16)18-4-2-3-5-20(18)29(21,32)33/h2-10,22H,11-15H2,1H3,(H2,34,35)(H,36,41)(H,37,40)/t22-,28-/m0/s1. The Morgan fingerprint density at radius 2 is 1.76 bits per heavy atom. The van der Waals surface area contributed by atoms with Gasteiger partial charge in [-0.2, -0.15) is 8.78 Å². The van der Waals surface area contributed by atoms with E-state index in [9.17, 15) is 27.6 Å². The molecule has 3 aromatic rings. The number of carbonyl (C=O) groups is 3. The van der Waals surface area contributed by atoms with Crippen molar-refractivity contribution < 1.29 is 31.9 Å². The van der Waals surface area contributed by atoms with Crippen LogP contribution in [0.2, 0.25) is 0 Å². The Morgan fingerprint density at radius 1 is 1.02 bits per heavy atom. The number of carbonyl (C=O) groups excluding carboxylic acids is 3. The number of hydrogen-bond donors (Lipinski definition) is 4. The zero-order chi connectivity index (χ0) is 30.2. The third kappa shape index (κ3) is 5.36. The first kappa shape index (κ1) is 29.2. The first-order valence-corrected chi connectivity index (χ1v) is 13.9. The molecule has 42 heavy (non-hydrogen) atoms. The van der Waals surface area contributed by atoms with E-state index < -0.39 is 61.5 Å². The predicted octanol–water partition coefficient (Wildman–Crippen LogP) is 3.74. The van der Waals surface area contributed by atoms with Crippen molar-refractivity contribution >= 4 is 34.9 Å². The van der Waals surface area contributed by atoms with E-state index >= 15 is 4.39 Å². The van der Waals surface area contributed by atoms with Gasteiger partial charge in [0.15, 0.2) is 5.67 Å². The van der Waals surface area contributed by atoms with Gasteiger partial charge in [-0.15, -0.1) is 11.3 Å². The number of fused-ring (bicyclic) bond motifs is 3. The summed E-state index contributed by atoms with van der Waals surface area (Å²) in [6, 6.07) is 11.8. The highest BCUT2D eigenvalue weighted by Gasteiger charge is 2.49. The van der Waals surface area contributed by atoms with E-state index in [1.165, 1.54) is 47.7 Å². The summed E-state index contributed by atoms with van der Waals surface area (Å²) < 4.78 is 58.2. The number of benzene rings is 2. The van der Waals surface area contributed by atoms with E-state index in [1.54, 1.807) is 25.2 Å². The normalized spacial score (nSPS) is 20.0. The van der Waals surface area contributed by atoms with Crippen molar-refractivity contribution in [1.29, 1.82) is 5.41 Å². The summed E-state index contributed by atoms with van der Waals surface area (Å²) in [5.74, 6) is -5.20.